The average Bonchev–Trinajstić information content (AvgIpc) is 2.61. The Morgan fingerprint density at radius 1 is 1.20 bits per heavy atom. The summed E-state index contributed by atoms with van der Waals surface area (Å²) in [6, 6.07) is 13.2. The van der Waals surface area contributed by atoms with E-state index in [0.29, 0.717) is 37.6 Å². The molecule has 25 heavy (non-hydrogen) atoms. The van der Waals surface area contributed by atoms with E-state index in [1.807, 2.05) is 18.2 Å². The molecule has 1 atom stereocenters. The zero-order valence-electron chi connectivity index (χ0n) is 14.1. The minimum Gasteiger partial charge on any atom is -0.492 e. The molecule has 134 valence electrons. The fourth-order valence-corrected chi connectivity index (χ4v) is 2.21. The number of halogens is 1. The first-order valence-corrected chi connectivity index (χ1v) is 8.16. The van der Waals surface area contributed by atoms with E-state index in [1.54, 1.807) is 25.1 Å². The van der Waals surface area contributed by atoms with Crippen LogP contribution in [0.3, 0.4) is 0 Å². The number of hydrogen-bond acceptors (Lipinski definition) is 4. The fourth-order valence-electron chi connectivity index (χ4n) is 2.21. The Morgan fingerprint density at radius 3 is 2.64 bits per heavy atom. The molecule has 0 aliphatic carbocycles. The summed E-state index contributed by atoms with van der Waals surface area (Å²) >= 11 is 0. The van der Waals surface area contributed by atoms with Gasteiger partial charge in [0.2, 0.25) is 0 Å². The highest BCUT2D eigenvalue weighted by molar-refractivity contribution is 5.72. The summed E-state index contributed by atoms with van der Waals surface area (Å²) in [4.78, 5) is 11.0. The van der Waals surface area contributed by atoms with Gasteiger partial charge in [-0.25, -0.2) is 9.18 Å². The van der Waals surface area contributed by atoms with Crippen molar-refractivity contribution in [2.24, 2.45) is 0 Å². The molecule has 1 unspecified atom stereocenters. The second kappa shape index (κ2) is 9.64. The van der Waals surface area contributed by atoms with Crippen molar-refractivity contribution in [2.45, 2.75) is 26.0 Å². The van der Waals surface area contributed by atoms with E-state index in [0.717, 1.165) is 5.56 Å². The molecule has 0 saturated heterocycles. The number of benzene rings is 2. The molecule has 2 aromatic carbocycles. The Bertz CT molecular complexity index is 675. The summed E-state index contributed by atoms with van der Waals surface area (Å²) in [7, 11) is 0. The van der Waals surface area contributed by atoms with Gasteiger partial charge in [0, 0.05) is 13.1 Å². The fraction of sp³-hybridized carbons (Fsp3) is 0.316. The van der Waals surface area contributed by atoms with Gasteiger partial charge in [-0.3, -0.25) is 0 Å². The lowest BCUT2D eigenvalue weighted by molar-refractivity contribution is -0.145. The maximum absolute atomic E-state index is 12.8. The quantitative estimate of drug-likeness (QED) is 0.646. The molecule has 0 fully saturated rings. The van der Waals surface area contributed by atoms with Crippen molar-refractivity contribution in [1.82, 2.24) is 5.32 Å². The second-order valence-corrected chi connectivity index (χ2v) is 5.48. The molecule has 0 radical (unpaired) electrons. The summed E-state index contributed by atoms with van der Waals surface area (Å²) in [5.41, 5.74) is 0.986. The summed E-state index contributed by atoms with van der Waals surface area (Å²) in [5.74, 6) is -0.0984. The molecule has 0 heterocycles. The van der Waals surface area contributed by atoms with Crippen molar-refractivity contribution < 1.29 is 23.8 Å². The molecular formula is C19H22FNO4. The topological polar surface area (TPSA) is 67.8 Å². The van der Waals surface area contributed by atoms with E-state index in [9.17, 15) is 9.18 Å². The third-order valence-electron chi connectivity index (χ3n) is 3.51. The number of carboxylic acids is 1. The van der Waals surface area contributed by atoms with Crippen LogP contribution >= 0.6 is 0 Å². The van der Waals surface area contributed by atoms with Gasteiger partial charge in [-0.15, -0.1) is 0 Å². The van der Waals surface area contributed by atoms with E-state index in [-0.39, 0.29) is 5.82 Å². The first kappa shape index (κ1) is 18.7. The van der Waals surface area contributed by atoms with Crippen LogP contribution in [-0.2, 0) is 11.3 Å². The Kier molecular flexibility index (Phi) is 7.22. The van der Waals surface area contributed by atoms with Crippen LogP contribution in [0.5, 0.6) is 11.5 Å². The minimum absolute atomic E-state index is 0.291. The van der Waals surface area contributed by atoms with E-state index >= 15 is 0 Å². The Labute approximate surface area is 146 Å². The zero-order chi connectivity index (χ0) is 18.1. The second-order valence-electron chi connectivity index (χ2n) is 5.48. The van der Waals surface area contributed by atoms with Crippen LogP contribution in [0.4, 0.5) is 4.39 Å². The molecule has 6 heteroatoms. The molecule has 0 bridgehead atoms. The smallest absolute Gasteiger partial charge is 0.344 e. The number of nitrogens with one attached hydrogen (secondary N) is 1. The van der Waals surface area contributed by atoms with Gasteiger partial charge in [0.15, 0.2) is 6.10 Å². The lowest BCUT2D eigenvalue weighted by Gasteiger charge is -2.14. The number of carboxylic acid groups (broad SMARTS) is 1. The van der Waals surface area contributed by atoms with E-state index < -0.39 is 12.1 Å². The van der Waals surface area contributed by atoms with Gasteiger partial charge in [0.05, 0.1) is 0 Å². The van der Waals surface area contributed by atoms with E-state index in [4.69, 9.17) is 14.6 Å². The Morgan fingerprint density at radius 2 is 1.96 bits per heavy atom. The first-order valence-electron chi connectivity index (χ1n) is 8.16. The lowest BCUT2D eigenvalue weighted by Crippen LogP contribution is -2.26. The van der Waals surface area contributed by atoms with Crippen LogP contribution in [0.15, 0.2) is 48.5 Å². The van der Waals surface area contributed by atoms with Crippen molar-refractivity contribution in [2.75, 3.05) is 13.2 Å². The molecule has 2 rings (SSSR count). The Balaban J connectivity index is 1.74. The molecule has 0 saturated carbocycles. The third-order valence-corrected chi connectivity index (χ3v) is 3.51. The van der Waals surface area contributed by atoms with Crippen molar-refractivity contribution in [3.05, 3.63) is 59.9 Å². The van der Waals surface area contributed by atoms with Crippen LogP contribution in [0.2, 0.25) is 0 Å². The first-order chi connectivity index (χ1) is 12.1. The summed E-state index contributed by atoms with van der Waals surface area (Å²) in [5, 5.41) is 12.3. The highest BCUT2D eigenvalue weighted by Crippen LogP contribution is 2.16. The summed E-state index contributed by atoms with van der Waals surface area (Å²) < 4.78 is 23.8. The SMILES string of the molecule is CCC(Oc1cccc(CNCCOc2ccc(F)cc2)c1)C(=O)O. The number of hydrogen-bond donors (Lipinski definition) is 2. The van der Waals surface area contributed by atoms with Crippen molar-refractivity contribution in [3.8, 4) is 11.5 Å². The van der Waals surface area contributed by atoms with Gasteiger partial charge in [0.25, 0.3) is 0 Å². The van der Waals surface area contributed by atoms with Gasteiger partial charge < -0.3 is 19.9 Å². The standard InChI is InChI=1S/C19H22FNO4/c1-2-18(19(22)23)25-17-5-3-4-14(12-17)13-21-10-11-24-16-8-6-15(20)7-9-16/h3-9,12,18,21H,2,10-11,13H2,1H3,(H,22,23). The van der Waals surface area contributed by atoms with E-state index in [1.165, 1.54) is 12.1 Å². The van der Waals surface area contributed by atoms with Crippen LogP contribution in [-0.4, -0.2) is 30.3 Å². The zero-order valence-corrected chi connectivity index (χ0v) is 14.1. The van der Waals surface area contributed by atoms with Gasteiger partial charge >= 0.3 is 5.97 Å². The molecular weight excluding hydrogens is 325 g/mol. The van der Waals surface area contributed by atoms with Crippen LogP contribution in [0.25, 0.3) is 0 Å². The van der Waals surface area contributed by atoms with Crippen molar-refractivity contribution in [3.63, 3.8) is 0 Å². The van der Waals surface area contributed by atoms with Gasteiger partial charge in [-0.1, -0.05) is 19.1 Å². The maximum atomic E-state index is 12.8. The van der Waals surface area contributed by atoms with Crippen LogP contribution in [0, 0.1) is 5.82 Å². The third kappa shape index (κ3) is 6.43. The van der Waals surface area contributed by atoms with Crippen LogP contribution in [0.1, 0.15) is 18.9 Å². The van der Waals surface area contributed by atoms with E-state index in [2.05, 4.69) is 5.32 Å². The number of aliphatic carboxylic acids is 1. The van der Waals surface area contributed by atoms with Crippen LogP contribution < -0.4 is 14.8 Å². The maximum Gasteiger partial charge on any atom is 0.344 e. The molecule has 0 spiro atoms. The predicted octanol–water partition coefficient (Wildman–Crippen LogP) is 3.24. The number of ether oxygens (including phenoxy) is 2. The molecule has 0 amide bonds. The highest BCUT2D eigenvalue weighted by Gasteiger charge is 2.16. The van der Waals surface area contributed by atoms with Gasteiger partial charge in [-0.2, -0.15) is 0 Å². The van der Waals surface area contributed by atoms with Crippen molar-refractivity contribution >= 4 is 5.97 Å². The molecule has 0 aliphatic rings. The highest BCUT2D eigenvalue weighted by atomic mass is 19.1. The number of rotatable bonds is 10. The monoisotopic (exact) mass is 347 g/mol. The lowest BCUT2D eigenvalue weighted by atomic mass is 10.2. The largest absolute Gasteiger partial charge is 0.492 e. The minimum atomic E-state index is -0.969. The van der Waals surface area contributed by atoms with Gasteiger partial charge in [-0.05, 0) is 48.4 Å². The molecule has 0 aromatic heterocycles. The molecule has 2 N–H and O–H groups in total. The molecule has 0 aliphatic heterocycles. The number of carbonyl (C=O) groups is 1. The average molecular weight is 347 g/mol. The van der Waals surface area contributed by atoms with Gasteiger partial charge in [0.1, 0.15) is 23.9 Å². The normalized spacial score (nSPS) is 11.8. The summed E-state index contributed by atoms with van der Waals surface area (Å²) in [6.45, 7) is 3.45. The molecule has 2 aromatic rings. The van der Waals surface area contributed by atoms with Crippen molar-refractivity contribution in [1.29, 1.82) is 0 Å². The predicted molar refractivity (Wildman–Crippen MR) is 92.4 cm³/mol. The molecule has 5 nitrogen and oxygen atoms in total. The summed E-state index contributed by atoms with van der Waals surface area (Å²) in [6.07, 6.45) is -0.439. The Hall–Kier alpha value is -2.60.